The molecule has 0 spiro atoms. The van der Waals surface area contributed by atoms with Gasteiger partial charge in [-0.25, -0.2) is 0 Å². The molecule has 0 aromatic heterocycles. The summed E-state index contributed by atoms with van der Waals surface area (Å²) in [6.45, 7) is 3.99. The lowest BCUT2D eigenvalue weighted by molar-refractivity contribution is -0.135. The van der Waals surface area contributed by atoms with Gasteiger partial charge in [0.05, 0.1) is 14.2 Å². The molecule has 1 aliphatic heterocycles. The molecule has 0 N–H and O–H groups in total. The highest BCUT2D eigenvalue weighted by atomic mass is 16.5. The Bertz CT molecular complexity index is 815. The minimum absolute atomic E-state index is 0.0164. The van der Waals surface area contributed by atoms with Crippen molar-refractivity contribution in [2.45, 2.75) is 0 Å². The number of hydrogen-bond donors (Lipinski definition) is 0. The summed E-state index contributed by atoms with van der Waals surface area (Å²) in [7, 11) is 3.12. The Kier molecular flexibility index (Phi) is 7.53. The van der Waals surface area contributed by atoms with E-state index in [9.17, 15) is 4.79 Å². The molecule has 1 saturated heterocycles. The lowest BCUT2D eigenvalue weighted by Gasteiger charge is -2.34. The number of rotatable bonds is 8. The maximum absolute atomic E-state index is 12.5. The predicted octanol–water partition coefficient (Wildman–Crippen LogP) is 2.94. The second kappa shape index (κ2) is 10.5. The van der Waals surface area contributed by atoms with Gasteiger partial charge in [-0.3, -0.25) is 9.69 Å². The van der Waals surface area contributed by atoms with Gasteiger partial charge >= 0.3 is 0 Å². The molecule has 0 radical (unpaired) electrons. The first-order valence-corrected chi connectivity index (χ1v) is 9.76. The Hall–Kier alpha value is -2.99. The SMILES string of the molecule is COc1cccc(OCC(=O)N2CCN(C/C=C/c3ccccc3)CC2)c1OC. The van der Waals surface area contributed by atoms with E-state index in [0.29, 0.717) is 30.3 Å². The molecule has 0 bridgehead atoms. The molecule has 29 heavy (non-hydrogen) atoms. The first-order chi connectivity index (χ1) is 14.2. The Balaban J connectivity index is 1.44. The average molecular weight is 396 g/mol. The van der Waals surface area contributed by atoms with E-state index >= 15 is 0 Å². The Morgan fingerprint density at radius 1 is 0.931 bits per heavy atom. The summed E-state index contributed by atoms with van der Waals surface area (Å²) < 4.78 is 16.3. The molecular weight excluding hydrogens is 368 g/mol. The van der Waals surface area contributed by atoms with Crippen molar-refractivity contribution in [2.24, 2.45) is 0 Å². The third kappa shape index (κ3) is 5.74. The smallest absolute Gasteiger partial charge is 0.260 e. The molecule has 0 saturated carbocycles. The van der Waals surface area contributed by atoms with Crippen LogP contribution in [0.15, 0.2) is 54.6 Å². The molecule has 0 unspecified atom stereocenters. The minimum Gasteiger partial charge on any atom is -0.493 e. The van der Waals surface area contributed by atoms with E-state index in [0.717, 1.165) is 19.6 Å². The van der Waals surface area contributed by atoms with Crippen molar-refractivity contribution < 1.29 is 19.0 Å². The molecular formula is C23H28N2O4. The first-order valence-electron chi connectivity index (χ1n) is 9.76. The number of benzene rings is 2. The number of carbonyl (C=O) groups is 1. The van der Waals surface area contributed by atoms with Crippen LogP contribution in [0.4, 0.5) is 0 Å². The number of nitrogens with zero attached hydrogens (tertiary/aromatic N) is 2. The van der Waals surface area contributed by atoms with Crippen molar-refractivity contribution in [3.8, 4) is 17.2 Å². The number of methoxy groups -OCH3 is 2. The van der Waals surface area contributed by atoms with Crippen LogP contribution in [-0.4, -0.2) is 69.3 Å². The van der Waals surface area contributed by atoms with E-state index < -0.39 is 0 Å². The Morgan fingerprint density at radius 2 is 1.66 bits per heavy atom. The van der Waals surface area contributed by atoms with E-state index in [2.05, 4.69) is 29.2 Å². The average Bonchev–Trinajstić information content (AvgIpc) is 2.78. The standard InChI is InChI=1S/C23H28N2O4/c1-27-20-11-6-12-21(23(20)28-2)29-18-22(26)25-16-14-24(15-17-25)13-7-10-19-8-4-3-5-9-19/h3-12H,13-18H2,1-2H3/b10-7+. The molecule has 1 fully saturated rings. The van der Waals surface area contributed by atoms with Crippen molar-refractivity contribution in [3.63, 3.8) is 0 Å². The summed E-state index contributed by atoms with van der Waals surface area (Å²) in [6.07, 6.45) is 4.30. The van der Waals surface area contributed by atoms with Gasteiger partial charge in [0.2, 0.25) is 5.75 Å². The lowest BCUT2D eigenvalue weighted by atomic mass is 10.2. The van der Waals surface area contributed by atoms with Gasteiger partial charge < -0.3 is 19.1 Å². The Labute approximate surface area is 172 Å². The summed E-state index contributed by atoms with van der Waals surface area (Å²) in [5.41, 5.74) is 1.20. The molecule has 6 heteroatoms. The van der Waals surface area contributed by atoms with Gasteiger partial charge in [-0.15, -0.1) is 0 Å². The first kappa shape index (κ1) is 20.7. The normalized spacial score (nSPS) is 14.8. The highest BCUT2D eigenvalue weighted by molar-refractivity contribution is 5.78. The van der Waals surface area contributed by atoms with Crippen molar-refractivity contribution >= 4 is 12.0 Å². The zero-order chi connectivity index (χ0) is 20.5. The summed E-state index contributed by atoms with van der Waals surface area (Å²) in [5.74, 6) is 1.56. The van der Waals surface area contributed by atoms with Crippen LogP contribution < -0.4 is 14.2 Å². The molecule has 2 aromatic carbocycles. The highest BCUT2D eigenvalue weighted by Gasteiger charge is 2.21. The van der Waals surface area contributed by atoms with Crippen molar-refractivity contribution in [1.29, 1.82) is 0 Å². The summed E-state index contributed by atoms with van der Waals surface area (Å²) in [6, 6.07) is 15.6. The molecule has 1 heterocycles. The number of piperazine rings is 1. The van der Waals surface area contributed by atoms with Crippen LogP contribution in [0.1, 0.15) is 5.56 Å². The zero-order valence-corrected chi connectivity index (χ0v) is 17.0. The van der Waals surface area contributed by atoms with Gasteiger partial charge in [0.25, 0.3) is 5.91 Å². The summed E-state index contributed by atoms with van der Waals surface area (Å²) >= 11 is 0. The van der Waals surface area contributed by atoms with Crippen LogP contribution in [0.5, 0.6) is 17.2 Å². The van der Waals surface area contributed by atoms with Gasteiger partial charge in [-0.1, -0.05) is 48.6 Å². The maximum Gasteiger partial charge on any atom is 0.260 e. The topological polar surface area (TPSA) is 51.2 Å². The third-order valence-corrected chi connectivity index (χ3v) is 4.92. The van der Waals surface area contributed by atoms with Crippen LogP contribution in [0.25, 0.3) is 6.08 Å². The number of ether oxygens (including phenoxy) is 3. The van der Waals surface area contributed by atoms with Gasteiger partial charge in [0, 0.05) is 32.7 Å². The summed E-state index contributed by atoms with van der Waals surface area (Å²) in [4.78, 5) is 16.7. The number of hydrogen-bond acceptors (Lipinski definition) is 5. The van der Waals surface area contributed by atoms with Crippen LogP contribution in [0, 0.1) is 0 Å². The fourth-order valence-electron chi connectivity index (χ4n) is 3.28. The van der Waals surface area contributed by atoms with Crippen LogP contribution >= 0.6 is 0 Å². The molecule has 0 aliphatic carbocycles. The maximum atomic E-state index is 12.5. The fraction of sp³-hybridized carbons (Fsp3) is 0.348. The second-order valence-electron chi connectivity index (χ2n) is 6.77. The van der Waals surface area contributed by atoms with Gasteiger partial charge in [0.15, 0.2) is 18.1 Å². The van der Waals surface area contributed by atoms with E-state index in [-0.39, 0.29) is 12.5 Å². The predicted molar refractivity (Wildman–Crippen MR) is 114 cm³/mol. The van der Waals surface area contributed by atoms with Crippen LogP contribution in [0.3, 0.4) is 0 Å². The molecule has 0 atom stereocenters. The minimum atomic E-state index is -0.0191. The van der Waals surface area contributed by atoms with E-state index in [1.807, 2.05) is 29.2 Å². The van der Waals surface area contributed by atoms with E-state index in [1.54, 1.807) is 26.4 Å². The largest absolute Gasteiger partial charge is 0.493 e. The summed E-state index contributed by atoms with van der Waals surface area (Å²) in [5, 5.41) is 0. The number of carbonyl (C=O) groups excluding carboxylic acids is 1. The molecule has 154 valence electrons. The molecule has 2 aromatic rings. The Morgan fingerprint density at radius 3 is 2.34 bits per heavy atom. The fourth-order valence-corrected chi connectivity index (χ4v) is 3.28. The number of para-hydroxylation sites is 1. The monoisotopic (exact) mass is 396 g/mol. The van der Waals surface area contributed by atoms with Gasteiger partial charge in [0.1, 0.15) is 0 Å². The van der Waals surface area contributed by atoms with E-state index in [1.165, 1.54) is 5.56 Å². The van der Waals surface area contributed by atoms with Crippen molar-refractivity contribution in [2.75, 3.05) is 53.6 Å². The van der Waals surface area contributed by atoms with Crippen molar-refractivity contribution in [3.05, 3.63) is 60.2 Å². The van der Waals surface area contributed by atoms with Gasteiger partial charge in [-0.05, 0) is 17.7 Å². The lowest BCUT2D eigenvalue weighted by Crippen LogP contribution is -2.49. The molecule has 1 aliphatic rings. The van der Waals surface area contributed by atoms with E-state index in [4.69, 9.17) is 14.2 Å². The molecule has 6 nitrogen and oxygen atoms in total. The molecule has 3 rings (SSSR count). The van der Waals surface area contributed by atoms with Crippen LogP contribution in [-0.2, 0) is 4.79 Å². The number of amides is 1. The second-order valence-corrected chi connectivity index (χ2v) is 6.77. The molecule has 1 amide bonds. The quantitative estimate of drug-likeness (QED) is 0.687. The van der Waals surface area contributed by atoms with Gasteiger partial charge in [-0.2, -0.15) is 0 Å². The zero-order valence-electron chi connectivity index (χ0n) is 17.0. The van der Waals surface area contributed by atoms with Crippen molar-refractivity contribution in [1.82, 2.24) is 9.80 Å². The highest BCUT2D eigenvalue weighted by Crippen LogP contribution is 2.36. The third-order valence-electron chi connectivity index (χ3n) is 4.92. The van der Waals surface area contributed by atoms with Crippen LogP contribution in [0.2, 0.25) is 0 Å².